The fourth-order valence-corrected chi connectivity index (χ4v) is 2.05. The van der Waals surface area contributed by atoms with Gasteiger partial charge in [0, 0.05) is 6.20 Å². The third-order valence-electron chi connectivity index (χ3n) is 3.19. The van der Waals surface area contributed by atoms with Crippen LogP contribution in [0.1, 0.15) is 11.1 Å². The monoisotopic (exact) mass is 238 g/mol. The topological polar surface area (TPSA) is 56.7 Å². The van der Waals surface area contributed by atoms with E-state index in [1.165, 1.54) is 11.1 Å². The van der Waals surface area contributed by atoms with Crippen molar-refractivity contribution in [3.63, 3.8) is 0 Å². The van der Waals surface area contributed by atoms with E-state index in [2.05, 4.69) is 35.9 Å². The van der Waals surface area contributed by atoms with Crippen LogP contribution in [0.5, 0.6) is 0 Å². The number of aromatic nitrogens is 3. The van der Waals surface area contributed by atoms with Gasteiger partial charge in [-0.15, -0.1) is 0 Å². The summed E-state index contributed by atoms with van der Waals surface area (Å²) in [6.07, 6.45) is 5.23. The van der Waals surface area contributed by atoms with Gasteiger partial charge in [0.1, 0.15) is 6.33 Å². The van der Waals surface area contributed by atoms with Gasteiger partial charge in [-0.1, -0.05) is 0 Å². The molecule has 0 saturated heterocycles. The quantitative estimate of drug-likeness (QED) is 0.709. The van der Waals surface area contributed by atoms with Crippen molar-refractivity contribution in [1.82, 2.24) is 14.5 Å². The highest BCUT2D eigenvalue weighted by atomic mass is 15.1. The van der Waals surface area contributed by atoms with Crippen LogP contribution in [0.4, 0.5) is 5.69 Å². The van der Waals surface area contributed by atoms with Crippen molar-refractivity contribution in [2.45, 2.75) is 13.8 Å². The zero-order valence-corrected chi connectivity index (χ0v) is 10.4. The van der Waals surface area contributed by atoms with E-state index in [9.17, 15) is 0 Å². The molecule has 1 aromatic carbocycles. The van der Waals surface area contributed by atoms with Crippen LogP contribution in [0.3, 0.4) is 0 Å². The maximum absolute atomic E-state index is 5.77. The third kappa shape index (κ3) is 1.62. The van der Waals surface area contributed by atoms with E-state index in [4.69, 9.17) is 5.73 Å². The number of nitrogen functional groups attached to an aromatic ring is 1. The van der Waals surface area contributed by atoms with E-state index in [0.717, 1.165) is 16.7 Å². The van der Waals surface area contributed by atoms with E-state index in [-0.39, 0.29) is 0 Å². The molecular weight excluding hydrogens is 224 g/mol. The first-order chi connectivity index (χ1) is 8.65. The highest BCUT2D eigenvalue weighted by Gasteiger charge is 2.07. The smallest absolute Gasteiger partial charge is 0.100 e. The Labute approximate surface area is 105 Å². The average Bonchev–Trinajstić information content (AvgIpc) is 2.73. The average molecular weight is 238 g/mol. The summed E-state index contributed by atoms with van der Waals surface area (Å²) in [6, 6.07) is 6.13. The first-order valence-corrected chi connectivity index (χ1v) is 5.80. The highest BCUT2D eigenvalue weighted by Crippen LogP contribution is 2.22. The molecule has 2 heterocycles. The van der Waals surface area contributed by atoms with Crippen molar-refractivity contribution >= 4 is 16.7 Å². The molecule has 3 aromatic rings. The molecule has 0 unspecified atom stereocenters. The van der Waals surface area contributed by atoms with Crippen LogP contribution in [-0.4, -0.2) is 14.5 Å². The molecule has 0 bridgehead atoms. The van der Waals surface area contributed by atoms with Crippen molar-refractivity contribution < 1.29 is 0 Å². The summed E-state index contributed by atoms with van der Waals surface area (Å²) < 4.78 is 2.01. The summed E-state index contributed by atoms with van der Waals surface area (Å²) in [6.45, 7) is 4.19. The number of rotatable bonds is 1. The Morgan fingerprint density at radius 2 is 1.83 bits per heavy atom. The first kappa shape index (κ1) is 10.8. The Morgan fingerprint density at radius 3 is 2.61 bits per heavy atom. The molecule has 0 aliphatic carbocycles. The van der Waals surface area contributed by atoms with E-state index < -0.39 is 0 Å². The zero-order valence-electron chi connectivity index (χ0n) is 10.4. The number of pyridine rings is 1. The number of aryl methyl sites for hydroxylation is 2. The van der Waals surface area contributed by atoms with Gasteiger partial charge in [-0.3, -0.25) is 9.55 Å². The molecule has 0 atom stereocenters. The van der Waals surface area contributed by atoms with Gasteiger partial charge < -0.3 is 5.73 Å². The lowest BCUT2D eigenvalue weighted by Crippen LogP contribution is -1.96. The van der Waals surface area contributed by atoms with Gasteiger partial charge in [-0.2, -0.15) is 0 Å². The van der Waals surface area contributed by atoms with Gasteiger partial charge in [0.05, 0.1) is 28.6 Å². The second kappa shape index (κ2) is 3.84. The Balaban J connectivity index is 2.27. The van der Waals surface area contributed by atoms with Crippen LogP contribution in [-0.2, 0) is 0 Å². The maximum Gasteiger partial charge on any atom is 0.100 e. The van der Waals surface area contributed by atoms with Crippen LogP contribution >= 0.6 is 0 Å². The lowest BCUT2D eigenvalue weighted by Gasteiger charge is -2.06. The summed E-state index contributed by atoms with van der Waals surface area (Å²) in [5.74, 6) is 0. The van der Waals surface area contributed by atoms with Gasteiger partial charge in [0.15, 0.2) is 0 Å². The van der Waals surface area contributed by atoms with Crippen molar-refractivity contribution in [3.05, 3.63) is 48.0 Å². The molecule has 2 N–H and O–H groups in total. The predicted octanol–water partition coefficient (Wildman–Crippen LogP) is 2.62. The number of fused-ring (bicyclic) bond motifs is 1. The molecule has 0 fully saturated rings. The van der Waals surface area contributed by atoms with Gasteiger partial charge in [0.2, 0.25) is 0 Å². The van der Waals surface area contributed by atoms with Gasteiger partial charge >= 0.3 is 0 Å². The van der Waals surface area contributed by atoms with Crippen molar-refractivity contribution in [1.29, 1.82) is 0 Å². The number of hydrogen-bond acceptors (Lipinski definition) is 3. The molecule has 0 amide bonds. The molecule has 3 rings (SSSR count). The lowest BCUT2D eigenvalue weighted by molar-refractivity contribution is 1.07. The number of anilines is 1. The first-order valence-electron chi connectivity index (χ1n) is 5.80. The molecule has 0 radical (unpaired) electrons. The summed E-state index contributed by atoms with van der Waals surface area (Å²) >= 11 is 0. The molecule has 0 aliphatic rings. The van der Waals surface area contributed by atoms with E-state index in [1.807, 2.05) is 10.6 Å². The van der Waals surface area contributed by atoms with Crippen molar-refractivity contribution in [2.24, 2.45) is 0 Å². The number of imidazole rings is 1. The van der Waals surface area contributed by atoms with Gasteiger partial charge in [-0.05, 0) is 43.2 Å². The Hall–Kier alpha value is -2.36. The minimum absolute atomic E-state index is 0.651. The maximum atomic E-state index is 5.77. The van der Waals surface area contributed by atoms with Crippen LogP contribution in [0, 0.1) is 13.8 Å². The van der Waals surface area contributed by atoms with E-state index >= 15 is 0 Å². The van der Waals surface area contributed by atoms with E-state index in [1.54, 1.807) is 18.7 Å². The van der Waals surface area contributed by atoms with Gasteiger partial charge in [0.25, 0.3) is 0 Å². The zero-order chi connectivity index (χ0) is 12.7. The number of benzene rings is 1. The van der Waals surface area contributed by atoms with E-state index in [0.29, 0.717) is 5.69 Å². The molecule has 90 valence electrons. The minimum Gasteiger partial charge on any atom is -0.397 e. The largest absolute Gasteiger partial charge is 0.397 e. The molecule has 2 aromatic heterocycles. The normalized spacial score (nSPS) is 11.0. The Bertz CT molecular complexity index is 728. The van der Waals surface area contributed by atoms with Gasteiger partial charge in [-0.25, -0.2) is 4.98 Å². The lowest BCUT2D eigenvalue weighted by atomic mass is 10.1. The summed E-state index contributed by atoms with van der Waals surface area (Å²) in [5, 5.41) is 0. The molecule has 0 aliphatic heterocycles. The molecule has 4 heteroatoms. The second-order valence-electron chi connectivity index (χ2n) is 4.52. The van der Waals surface area contributed by atoms with Crippen LogP contribution < -0.4 is 5.73 Å². The Kier molecular flexibility index (Phi) is 2.30. The standard InChI is InChI=1S/C14H14N4/c1-9-3-13-14(4-10(9)2)18(8-17-13)12-5-11(15)6-16-7-12/h3-8H,15H2,1-2H3. The molecule has 0 saturated carbocycles. The SMILES string of the molecule is Cc1cc2ncn(-c3cncc(N)c3)c2cc1C. The fraction of sp³-hybridized carbons (Fsp3) is 0.143. The minimum atomic E-state index is 0.651. The van der Waals surface area contributed by atoms with Crippen LogP contribution in [0.25, 0.3) is 16.7 Å². The highest BCUT2D eigenvalue weighted by molar-refractivity contribution is 5.79. The second-order valence-corrected chi connectivity index (χ2v) is 4.52. The molecule has 18 heavy (non-hydrogen) atoms. The number of nitrogens with two attached hydrogens (primary N) is 1. The molecular formula is C14H14N4. The van der Waals surface area contributed by atoms with Crippen molar-refractivity contribution in [3.8, 4) is 5.69 Å². The van der Waals surface area contributed by atoms with Crippen molar-refractivity contribution in [2.75, 3.05) is 5.73 Å². The third-order valence-corrected chi connectivity index (χ3v) is 3.19. The fourth-order valence-electron chi connectivity index (χ4n) is 2.05. The predicted molar refractivity (Wildman–Crippen MR) is 72.8 cm³/mol. The Morgan fingerprint density at radius 1 is 1.06 bits per heavy atom. The molecule has 0 spiro atoms. The summed E-state index contributed by atoms with van der Waals surface area (Å²) in [4.78, 5) is 8.53. The number of hydrogen-bond donors (Lipinski definition) is 1. The number of nitrogens with zero attached hydrogens (tertiary/aromatic N) is 3. The summed E-state index contributed by atoms with van der Waals surface area (Å²) in [7, 11) is 0. The van der Waals surface area contributed by atoms with Crippen LogP contribution in [0.2, 0.25) is 0 Å². The summed E-state index contributed by atoms with van der Waals surface area (Å²) in [5.41, 5.74) is 11.9. The van der Waals surface area contributed by atoms with Crippen LogP contribution in [0.15, 0.2) is 36.9 Å². The molecule has 4 nitrogen and oxygen atoms in total.